The Morgan fingerprint density at radius 3 is 2.56 bits per heavy atom. The van der Waals surface area contributed by atoms with Crippen molar-refractivity contribution in [1.82, 2.24) is 5.32 Å². The SMILES string of the molecule is CCCCCCC(NCC)c1cc(F)ccc1F. The fraction of sp³-hybridized carbons (Fsp3) is 0.600. The molecule has 0 aliphatic carbocycles. The molecule has 0 radical (unpaired) electrons. The molecule has 0 heterocycles. The zero-order valence-corrected chi connectivity index (χ0v) is 11.3. The smallest absolute Gasteiger partial charge is 0.128 e. The monoisotopic (exact) mass is 255 g/mol. The molecule has 1 atom stereocenters. The van der Waals surface area contributed by atoms with Crippen LogP contribution in [0.25, 0.3) is 0 Å². The van der Waals surface area contributed by atoms with Crippen LogP contribution in [0.3, 0.4) is 0 Å². The molecule has 0 aliphatic heterocycles. The van der Waals surface area contributed by atoms with Crippen LogP contribution in [-0.2, 0) is 0 Å². The van der Waals surface area contributed by atoms with Gasteiger partial charge in [0.15, 0.2) is 0 Å². The van der Waals surface area contributed by atoms with E-state index in [-0.39, 0.29) is 17.7 Å². The summed E-state index contributed by atoms with van der Waals surface area (Å²) in [5.41, 5.74) is 0.452. The highest BCUT2D eigenvalue weighted by Gasteiger charge is 2.15. The third-order valence-electron chi connectivity index (χ3n) is 3.13. The van der Waals surface area contributed by atoms with E-state index < -0.39 is 0 Å². The third kappa shape index (κ3) is 4.73. The van der Waals surface area contributed by atoms with E-state index in [1.54, 1.807) is 0 Å². The minimum Gasteiger partial charge on any atom is -0.310 e. The molecule has 1 aromatic carbocycles. The summed E-state index contributed by atoms with van der Waals surface area (Å²) >= 11 is 0. The zero-order chi connectivity index (χ0) is 13.4. The molecule has 1 N–H and O–H groups in total. The van der Waals surface area contributed by atoms with E-state index >= 15 is 0 Å². The van der Waals surface area contributed by atoms with Crippen molar-refractivity contribution in [3.63, 3.8) is 0 Å². The van der Waals surface area contributed by atoms with E-state index in [1.807, 2.05) is 6.92 Å². The standard InChI is InChI=1S/C15H23F2N/c1-3-5-6-7-8-15(18-4-2)13-11-12(16)9-10-14(13)17/h9-11,15,18H,3-8H2,1-2H3. The van der Waals surface area contributed by atoms with Crippen molar-refractivity contribution in [2.45, 2.75) is 52.0 Å². The molecule has 1 rings (SSSR count). The van der Waals surface area contributed by atoms with Gasteiger partial charge in [0, 0.05) is 11.6 Å². The van der Waals surface area contributed by atoms with Crippen LogP contribution >= 0.6 is 0 Å². The molecule has 0 aliphatic rings. The zero-order valence-electron chi connectivity index (χ0n) is 11.3. The van der Waals surface area contributed by atoms with Crippen molar-refractivity contribution in [2.24, 2.45) is 0 Å². The molecule has 1 aromatic rings. The largest absolute Gasteiger partial charge is 0.310 e. The highest BCUT2D eigenvalue weighted by atomic mass is 19.1. The summed E-state index contributed by atoms with van der Waals surface area (Å²) < 4.78 is 26.9. The second-order valence-electron chi connectivity index (χ2n) is 4.63. The van der Waals surface area contributed by atoms with Gasteiger partial charge >= 0.3 is 0 Å². The molecular weight excluding hydrogens is 232 g/mol. The van der Waals surface area contributed by atoms with Crippen LogP contribution in [0.15, 0.2) is 18.2 Å². The fourth-order valence-corrected chi connectivity index (χ4v) is 2.17. The van der Waals surface area contributed by atoms with Crippen LogP contribution in [0.4, 0.5) is 8.78 Å². The number of rotatable bonds is 8. The van der Waals surface area contributed by atoms with Crippen LogP contribution < -0.4 is 5.32 Å². The number of hydrogen-bond acceptors (Lipinski definition) is 1. The molecule has 3 heteroatoms. The lowest BCUT2D eigenvalue weighted by molar-refractivity contribution is 0.457. The fourth-order valence-electron chi connectivity index (χ4n) is 2.17. The number of unbranched alkanes of at least 4 members (excludes halogenated alkanes) is 3. The van der Waals surface area contributed by atoms with Crippen molar-refractivity contribution >= 4 is 0 Å². The van der Waals surface area contributed by atoms with Crippen molar-refractivity contribution < 1.29 is 8.78 Å². The predicted molar refractivity (Wildman–Crippen MR) is 71.5 cm³/mol. The summed E-state index contributed by atoms with van der Waals surface area (Å²) in [6, 6.07) is 3.60. The summed E-state index contributed by atoms with van der Waals surface area (Å²) in [5, 5.41) is 3.24. The highest BCUT2D eigenvalue weighted by Crippen LogP contribution is 2.23. The Morgan fingerprint density at radius 1 is 1.11 bits per heavy atom. The molecule has 1 unspecified atom stereocenters. The highest BCUT2D eigenvalue weighted by molar-refractivity contribution is 5.22. The van der Waals surface area contributed by atoms with Crippen molar-refractivity contribution in [1.29, 1.82) is 0 Å². The Hall–Kier alpha value is -0.960. The first-order valence-electron chi connectivity index (χ1n) is 6.87. The summed E-state index contributed by atoms with van der Waals surface area (Å²) in [7, 11) is 0. The van der Waals surface area contributed by atoms with Gasteiger partial charge in [-0.3, -0.25) is 0 Å². The molecule has 1 nitrogen and oxygen atoms in total. The van der Waals surface area contributed by atoms with Crippen molar-refractivity contribution in [2.75, 3.05) is 6.54 Å². The first-order valence-corrected chi connectivity index (χ1v) is 6.87. The number of nitrogens with one attached hydrogen (secondary N) is 1. The van der Waals surface area contributed by atoms with Gasteiger partial charge in [-0.1, -0.05) is 39.5 Å². The molecule has 18 heavy (non-hydrogen) atoms. The summed E-state index contributed by atoms with van der Waals surface area (Å²) in [6.45, 7) is 4.90. The number of benzene rings is 1. The van der Waals surface area contributed by atoms with Gasteiger partial charge < -0.3 is 5.32 Å². The van der Waals surface area contributed by atoms with Gasteiger partial charge in [0.25, 0.3) is 0 Å². The second kappa shape index (κ2) is 8.20. The predicted octanol–water partition coefficient (Wildman–Crippen LogP) is 4.59. The first-order chi connectivity index (χ1) is 8.69. The number of hydrogen-bond donors (Lipinski definition) is 1. The van der Waals surface area contributed by atoms with Gasteiger partial charge in [0.2, 0.25) is 0 Å². The summed E-state index contributed by atoms with van der Waals surface area (Å²) in [6.07, 6.45) is 5.43. The van der Waals surface area contributed by atoms with E-state index in [2.05, 4.69) is 12.2 Å². The van der Waals surface area contributed by atoms with Gasteiger partial charge in [0.1, 0.15) is 11.6 Å². The maximum absolute atomic E-state index is 13.7. The van der Waals surface area contributed by atoms with Crippen molar-refractivity contribution in [3.05, 3.63) is 35.4 Å². The molecule has 0 amide bonds. The maximum atomic E-state index is 13.7. The van der Waals surface area contributed by atoms with Gasteiger partial charge in [-0.25, -0.2) is 8.78 Å². The molecule has 0 saturated carbocycles. The van der Waals surface area contributed by atoms with E-state index in [0.717, 1.165) is 25.8 Å². The molecule has 0 fully saturated rings. The average molecular weight is 255 g/mol. The molecule has 0 saturated heterocycles. The van der Waals surface area contributed by atoms with Gasteiger partial charge in [0.05, 0.1) is 0 Å². The summed E-state index contributed by atoms with van der Waals surface area (Å²) in [4.78, 5) is 0. The quantitative estimate of drug-likeness (QED) is 0.670. The van der Waals surface area contributed by atoms with Crippen LogP contribution in [0.2, 0.25) is 0 Å². The lowest BCUT2D eigenvalue weighted by Gasteiger charge is -2.19. The second-order valence-corrected chi connectivity index (χ2v) is 4.63. The van der Waals surface area contributed by atoms with Gasteiger partial charge in [-0.15, -0.1) is 0 Å². The molecule has 102 valence electrons. The van der Waals surface area contributed by atoms with E-state index in [1.165, 1.54) is 31.0 Å². The molecule has 0 spiro atoms. The van der Waals surface area contributed by atoms with Crippen molar-refractivity contribution in [3.8, 4) is 0 Å². The normalized spacial score (nSPS) is 12.7. The number of halogens is 2. The summed E-state index contributed by atoms with van der Waals surface area (Å²) in [5.74, 6) is -0.694. The maximum Gasteiger partial charge on any atom is 0.128 e. The van der Waals surface area contributed by atoms with E-state index in [4.69, 9.17) is 0 Å². The molecule has 0 aromatic heterocycles. The Balaban J connectivity index is 2.67. The first kappa shape index (κ1) is 15.1. The lowest BCUT2D eigenvalue weighted by atomic mass is 9.99. The van der Waals surface area contributed by atoms with Crippen LogP contribution in [-0.4, -0.2) is 6.54 Å². The Kier molecular flexibility index (Phi) is 6.88. The Labute approximate surface area is 109 Å². The Morgan fingerprint density at radius 2 is 1.89 bits per heavy atom. The van der Waals surface area contributed by atoms with Crippen LogP contribution in [0, 0.1) is 11.6 Å². The van der Waals surface area contributed by atoms with Crippen LogP contribution in [0.5, 0.6) is 0 Å². The third-order valence-corrected chi connectivity index (χ3v) is 3.13. The topological polar surface area (TPSA) is 12.0 Å². The lowest BCUT2D eigenvalue weighted by Crippen LogP contribution is -2.22. The van der Waals surface area contributed by atoms with Gasteiger partial charge in [-0.2, -0.15) is 0 Å². The van der Waals surface area contributed by atoms with Gasteiger partial charge in [-0.05, 0) is 31.2 Å². The molecular formula is C15H23F2N. The average Bonchev–Trinajstić information content (AvgIpc) is 2.36. The molecule has 0 bridgehead atoms. The Bertz CT molecular complexity index is 352. The minimum atomic E-state index is -0.372. The van der Waals surface area contributed by atoms with E-state index in [0.29, 0.717) is 5.56 Å². The van der Waals surface area contributed by atoms with E-state index in [9.17, 15) is 8.78 Å². The minimum absolute atomic E-state index is 0.0810. The van der Waals surface area contributed by atoms with Crippen LogP contribution in [0.1, 0.15) is 57.6 Å².